The Hall–Kier alpha value is -3.73. The average molecular weight is 400 g/mol. The van der Waals surface area contributed by atoms with Gasteiger partial charge in [-0.15, -0.1) is 0 Å². The van der Waals surface area contributed by atoms with Crippen LogP contribution in [0, 0.1) is 0 Å². The van der Waals surface area contributed by atoms with Crippen molar-refractivity contribution in [3.63, 3.8) is 0 Å². The van der Waals surface area contributed by atoms with Gasteiger partial charge in [-0.05, 0) is 60.9 Å². The number of Topliss-reactive ketones (excluding diaryl/α,β-unsaturated/α-hetero) is 1. The molecule has 0 heterocycles. The third kappa shape index (κ3) is 4.46. The van der Waals surface area contributed by atoms with Crippen LogP contribution in [0.1, 0.15) is 44.7 Å². The van der Waals surface area contributed by atoms with E-state index < -0.39 is 5.97 Å². The van der Waals surface area contributed by atoms with Crippen molar-refractivity contribution in [1.82, 2.24) is 0 Å². The number of benzene rings is 3. The zero-order valence-corrected chi connectivity index (χ0v) is 16.3. The van der Waals surface area contributed by atoms with Gasteiger partial charge >= 0.3 is 5.97 Å². The van der Waals surface area contributed by atoms with Crippen molar-refractivity contribution in [3.05, 3.63) is 95.1 Å². The molecule has 0 radical (unpaired) electrons. The van der Waals surface area contributed by atoms with Crippen LogP contribution in [-0.4, -0.2) is 24.1 Å². The van der Waals surface area contributed by atoms with E-state index in [1.807, 2.05) is 18.2 Å². The molecule has 0 unspecified atom stereocenters. The standard InChI is InChI=1S/C25H20O5/c26-23-8-4-7-19-15-21(13-14-22(19)23)30-24(27)16-29-20-11-9-18(10-12-20)25(28)17-5-2-1-3-6-17/h1-3,5-6,9-15H,4,7-8,16H2. The first-order valence-electron chi connectivity index (χ1n) is 9.79. The van der Waals surface area contributed by atoms with Crippen LogP contribution in [0.5, 0.6) is 11.5 Å². The van der Waals surface area contributed by atoms with Gasteiger partial charge in [0, 0.05) is 23.1 Å². The van der Waals surface area contributed by atoms with Gasteiger partial charge < -0.3 is 9.47 Å². The van der Waals surface area contributed by atoms with Gasteiger partial charge in [0.2, 0.25) is 0 Å². The van der Waals surface area contributed by atoms with E-state index in [9.17, 15) is 14.4 Å². The summed E-state index contributed by atoms with van der Waals surface area (Å²) >= 11 is 0. The van der Waals surface area contributed by atoms with Crippen LogP contribution >= 0.6 is 0 Å². The fraction of sp³-hybridized carbons (Fsp3) is 0.160. The van der Waals surface area contributed by atoms with Crippen molar-refractivity contribution in [2.45, 2.75) is 19.3 Å². The Labute approximate surface area is 174 Å². The van der Waals surface area contributed by atoms with Crippen LogP contribution in [0.4, 0.5) is 0 Å². The van der Waals surface area contributed by atoms with Gasteiger partial charge in [0.1, 0.15) is 11.5 Å². The minimum atomic E-state index is -0.540. The zero-order chi connectivity index (χ0) is 20.9. The molecule has 0 saturated carbocycles. The van der Waals surface area contributed by atoms with Gasteiger partial charge in [-0.1, -0.05) is 30.3 Å². The Bertz CT molecular complexity index is 1080. The molecule has 5 nitrogen and oxygen atoms in total. The maximum atomic E-state index is 12.4. The van der Waals surface area contributed by atoms with E-state index >= 15 is 0 Å². The summed E-state index contributed by atoms with van der Waals surface area (Å²) in [5.41, 5.74) is 2.78. The van der Waals surface area contributed by atoms with Crippen molar-refractivity contribution in [2.24, 2.45) is 0 Å². The number of aryl methyl sites for hydroxylation is 1. The van der Waals surface area contributed by atoms with Crippen molar-refractivity contribution >= 4 is 17.5 Å². The van der Waals surface area contributed by atoms with Crippen LogP contribution in [0.25, 0.3) is 0 Å². The predicted octanol–water partition coefficient (Wildman–Crippen LogP) is 4.42. The Morgan fingerprint density at radius 2 is 1.50 bits per heavy atom. The molecule has 3 aromatic carbocycles. The largest absolute Gasteiger partial charge is 0.482 e. The molecule has 0 N–H and O–H groups in total. The highest BCUT2D eigenvalue weighted by Crippen LogP contribution is 2.25. The lowest BCUT2D eigenvalue weighted by atomic mass is 9.91. The molecule has 30 heavy (non-hydrogen) atoms. The molecule has 1 aliphatic carbocycles. The first-order chi connectivity index (χ1) is 14.6. The van der Waals surface area contributed by atoms with Crippen molar-refractivity contribution in [2.75, 3.05) is 6.61 Å². The second kappa shape index (κ2) is 8.74. The van der Waals surface area contributed by atoms with Gasteiger partial charge in [0.25, 0.3) is 0 Å². The van der Waals surface area contributed by atoms with Gasteiger partial charge in [-0.3, -0.25) is 9.59 Å². The molecule has 0 fully saturated rings. The fourth-order valence-corrected chi connectivity index (χ4v) is 3.45. The Balaban J connectivity index is 1.33. The van der Waals surface area contributed by atoms with Crippen LogP contribution < -0.4 is 9.47 Å². The minimum absolute atomic E-state index is 0.0764. The SMILES string of the molecule is O=C(COc1ccc(C(=O)c2ccccc2)cc1)Oc1ccc2c(c1)CCCC2=O. The second-order valence-corrected chi connectivity index (χ2v) is 7.08. The third-order valence-electron chi connectivity index (χ3n) is 4.97. The zero-order valence-electron chi connectivity index (χ0n) is 16.3. The molecule has 0 spiro atoms. The van der Waals surface area contributed by atoms with Crippen LogP contribution in [0.2, 0.25) is 0 Å². The van der Waals surface area contributed by atoms with E-state index in [0.717, 1.165) is 18.4 Å². The molecular formula is C25H20O5. The Morgan fingerprint density at radius 3 is 2.27 bits per heavy atom. The maximum absolute atomic E-state index is 12.4. The highest BCUT2D eigenvalue weighted by molar-refractivity contribution is 6.09. The lowest BCUT2D eigenvalue weighted by Crippen LogP contribution is -2.18. The van der Waals surface area contributed by atoms with Crippen LogP contribution in [0.15, 0.2) is 72.8 Å². The number of carbonyl (C=O) groups is 3. The number of carbonyl (C=O) groups excluding carboxylic acids is 3. The fourth-order valence-electron chi connectivity index (χ4n) is 3.45. The number of rotatable bonds is 6. The summed E-state index contributed by atoms with van der Waals surface area (Å²) in [6.45, 7) is -0.262. The summed E-state index contributed by atoms with van der Waals surface area (Å²) in [5, 5.41) is 0. The molecule has 0 atom stereocenters. The number of esters is 1. The summed E-state index contributed by atoms with van der Waals surface area (Å²) in [4.78, 5) is 36.4. The van der Waals surface area contributed by atoms with E-state index in [2.05, 4.69) is 0 Å². The van der Waals surface area contributed by atoms with Crippen molar-refractivity contribution in [1.29, 1.82) is 0 Å². The van der Waals surface area contributed by atoms with E-state index in [-0.39, 0.29) is 18.2 Å². The predicted molar refractivity (Wildman–Crippen MR) is 111 cm³/mol. The summed E-state index contributed by atoms with van der Waals surface area (Å²) in [7, 11) is 0. The molecule has 0 amide bonds. The van der Waals surface area contributed by atoms with Gasteiger partial charge in [0.05, 0.1) is 0 Å². The molecule has 0 aromatic heterocycles. The van der Waals surface area contributed by atoms with Crippen LogP contribution in [0.3, 0.4) is 0 Å². The second-order valence-electron chi connectivity index (χ2n) is 7.08. The van der Waals surface area contributed by atoms with Gasteiger partial charge in [-0.25, -0.2) is 4.79 Å². The Morgan fingerprint density at radius 1 is 0.800 bits per heavy atom. The molecule has 1 aliphatic rings. The van der Waals surface area contributed by atoms with E-state index in [1.165, 1.54) is 0 Å². The van der Waals surface area contributed by atoms with Crippen molar-refractivity contribution < 1.29 is 23.9 Å². The quantitative estimate of drug-likeness (QED) is 0.348. The molecule has 0 aliphatic heterocycles. The minimum Gasteiger partial charge on any atom is -0.482 e. The van der Waals surface area contributed by atoms with Gasteiger partial charge in [0.15, 0.2) is 18.2 Å². The van der Waals surface area contributed by atoms with E-state index in [1.54, 1.807) is 54.6 Å². The first kappa shape index (κ1) is 19.6. The lowest BCUT2D eigenvalue weighted by molar-refractivity contribution is -0.136. The summed E-state index contributed by atoms with van der Waals surface area (Å²) in [6.07, 6.45) is 2.18. The topological polar surface area (TPSA) is 69.7 Å². The average Bonchev–Trinajstić information content (AvgIpc) is 2.78. The molecule has 5 heteroatoms. The summed E-state index contributed by atoms with van der Waals surface area (Å²) in [5.74, 6) is 0.383. The lowest BCUT2D eigenvalue weighted by Gasteiger charge is -2.15. The Kier molecular flexibility index (Phi) is 5.70. The van der Waals surface area contributed by atoms with E-state index in [4.69, 9.17) is 9.47 Å². The highest BCUT2D eigenvalue weighted by Gasteiger charge is 2.18. The smallest absolute Gasteiger partial charge is 0.349 e. The van der Waals surface area contributed by atoms with Gasteiger partial charge in [-0.2, -0.15) is 0 Å². The monoisotopic (exact) mass is 400 g/mol. The molecule has 150 valence electrons. The van der Waals surface area contributed by atoms with Crippen molar-refractivity contribution in [3.8, 4) is 11.5 Å². The number of ketones is 2. The summed E-state index contributed by atoms with van der Waals surface area (Å²) < 4.78 is 10.8. The highest BCUT2D eigenvalue weighted by atomic mass is 16.6. The third-order valence-corrected chi connectivity index (χ3v) is 4.97. The van der Waals surface area contributed by atoms with E-state index in [0.29, 0.717) is 34.6 Å². The number of hydrogen-bond acceptors (Lipinski definition) is 5. The maximum Gasteiger partial charge on any atom is 0.349 e. The molecule has 4 rings (SSSR count). The molecule has 3 aromatic rings. The van der Waals surface area contributed by atoms with Crippen LogP contribution in [-0.2, 0) is 11.2 Å². The molecular weight excluding hydrogens is 380 g/mol. The molecule has 0 saturated heterocycles. The first-order valence-corrected chi connectivity index (χ1v) is 9.79. The number of ether oxygens (including phenoxy) is 2. The number of hydrogen-bond donors (Lipinski definition) is 0. The summed E-state index contributed by atoms with van der Waals surface area (Å²) in [6, 6.07) is 20.7. The normalized spacial score (nSPS) is 12.7. The molecule has 0 bridgehead atoms. The number of fused-ring (bicyclic) bond motifs is 1.